The lowest BCUT2D eigenvalue weighted by atomic mass is 9.50. The average Bonchev–Trinajstić information content (AvgIpc) is 2.71. The summed E-state index contributed by atoms with van der Waals surface area (Å²) in [5.74, 6) is 0. The van der Waals surface area contributed by atoms with Gasteiger partial charge in [0.15, 0.2) is 0 Å². The van der Waals surface area contributed by atoms with Crippen molar-refractivity contribution in [2.75, 3.05) is 0 Å². The number of benzene rings is 1. The molecule has 3 aliphatic rings. The third-order valence-electron chi connectivity index (χ3n) is 7.43. The summed E-state index contributed by atoms with van der Waals surface area (Å²) in [6, 6.07) is 9.00. The zero-order valence-corrected chi connectivity index (χ0v) is 16.5. The van der Waals surface area contributed by atoms with Gasteiger partial charge in [0.1, 0.15) is 12.1 Å². The predicted molar refractivity (Wildman–Crippen MR) is 106 cm³/mol. The van der Waals surface area contributed by atoms with Crippen LogP contribution in [0.5, 0.6) is 0 Å². The molecule has 26 heavy (non-hydrogen) atoms. The maximum atomic E-state index is 9.82. The first-order valence-electron chi connectivity index (χ1n) is 10.6. The number of fused-ring (bicyclic) bond motifs is 3. The molecule has 0 aliphatic heterocycles. The number of rotatable bonds is 7. The lowest BCUT2D eigenvalue weighted by Crippen LogP contribution is -2.44. The number of nitrogens with zero attached hydrogens (tertiary/aromatic N) is 2. The summed E-state index contributed by atoms with van der Waals surface area (Å²) in [4.78, 5) is 0. The lowest BCUT2D eigenvalue weighted by Gasteiger charge is -2.54. The highest BCUT2D eigenvalue weighted by Crippen LogP contribution is 2.60. The Morgan fingerprint density at radius 3 is 2.04 bits per heavy atom. The Kier molecular flexibility index (Phi) is 5.72. The van der Waals surface area contributed by atoms with Crippen molar-refractivity contribution >= 4 is 0 Å². The van der Waals surface area contributed by atoms with E-state index < -0.39 is 0 Å². The maximum Gasteiger partial charge on any atom is 0.101 e. The van der Waals surface area contributed by atoms with E-state index in [0.29, 0.717) is 16.5 Å². The molecule has 3 aliphatic carbocycles. The predicted octanol–water partition coefficient (Wildman–Crippen LogP) is 6.55. The van der Waals surface area contributed by atoms with Crippen molar-refractivity contribution in [2.24, 2.45) is 5.41 Å². The van der Waals surface area contributed by atoms with Crippen molar-refractivity contribution in [3.05, 3.63) is 34.4 Å². The molecule has 0 radical (unpaired) electrons. The largest absolute Gasteiger partial charge is 0.192 e. The van der Waals surface area contributed by atoms with Gasteiger partial charge in [0.25, 0.3) is 0 Å². The molecule has 2 heteroatoms. The number of hydrogen-bond donors (Lipinski definition) is 0. The third kappa shape index (κ3) is 3.27. The summed E-state index contributed by atoms with van der Waals surface area (Å²) in [5.41, 5.74) is 4.21. The highest BCUT2D eigenvalue weighted by Gasteiger charge is 2.49. The van der Waals surface area contributed by atoms with Gasteiger partial charge in [-0.25, -0.2) is 0 Å². The molecule has 1 aromatic carbocycles. The van der Waals surface area contributed by atoms with Crippen LogP contribution in [0.2, 0.25) is 0 Å². The second kappa shape index (κ2) is 7.84. The third-order valence-corrected chi connectivity index (χ3v) is 7.43. The fourth-order valence-electron chi connectivity index (χ4n) is 5.60. The molecular formula is C24H32N2. The van der Waals surface area contributed by atoms with Crippen molar-refractivity contribution in [1.82, 2.24) is 0 Å². The van der Waals surface area contributed by atoms with Gasteiger partial charge in [0, 0.05) is 0 Å². The monoisotopic (exact) mass is 348 g/mol. The first-order chi connectivity index (χ1) is 12.6. The van der Waals surface area contributed by atoms with E-state index in [-0.39, 0.29) is 5.41 Å². The molecule has 0 heterocycles. The molecule has 0 spiro atoms. The van der Waals surface area contributed by atoms with Crippen LogP contribution in [-0.2, 0) is 11.8 Å². The van der Waals surface area contributed by atoms with E-state index in [1.165, 1.54) is 76.2 Å². The minimum atomic E-state index is 0.147. The summed E-state index contributed by atoms with van der Waals surface area (Å²) in [6.07, 6.45) is 15.2. The Balaban J connectivity index is 1.81. The Morgan fingerprint density at radius 2 is 1.50 bits per heavy atom. The molecular weight excluding hydrogens is 316 g/mol. The van der Waals surface area contributed by atoms with Gasteiger partial charge in [-0.05, 0) is 73.3 Å². The van der Waals surface area contributed by atoms with Crippen LogP contribution in [0.3, 0.4) is 0 Å². The summed E-state index contributed by atoms with van der Waals surface area (Å²) >= 11 is 0. The molecule has 0 N–H and O–H groups in total. The van der Waals surface area contributed by atoms with E-state index in [0.717, 1.165) is 12.0 Å². The van der Waals surface area contributed by atoms with Crippen molar-refractivity contribution in [3.8, 4) is 12.1 Å². The molecule has 0 amide bonds. The molecule has 2 bridgehead atoms. The van der Waals surface area contributed by atoms with Crippen LogP contribution >= 0.6 is 0 Å². The Bertz CT molecular complexity index is 707. The van der Waals surface area contributed by atoms with Crippen molar-refractivity contribution < 1.29 is 0 Å². The molecule has 138 valence electrons. The summed E-state index contributed by atoms with van der Waals surface area (Å²) in [7, 11) is 0. The standard InChI is InChI=1S/C24H32N2/c1-3-5-6-7-10-23-11-14-24(15-12-23,16-13-23)22-9-8-19(4-2)20(17-25)21(22)18-26/h8-9H,3-7,10-16H2,1-2H3. The fraction of sp³-hybridized carbons (Fsp3) is 0.667. The van der Waals surface area contributed by atoms with Crippen molar-refractivity contribution in [1.29, 1.82) is 10.5 Å². The average molecular weight is 349 g/mol. The number of unbranched alkanes of at least 4 members (excludes halogenated alkanes) is 3. The van der Waals surface area contributed by atoms with Gasteiger partial charge in [-0.1, -0.05) is 51.7 Å². The Hall–Kier alpha value is -1.80. The van der Waals surface area contributed by atoms with E-state index in [9.17, 15) is 10.5 Å². The van der Waals surface area contributed by atoms with E-state index in [1.54, 1.807) is 0 Å². The molecule has 4 rings (SSSR count). The fourth-order valence-corrected chi connectivity index (χ4v) is 5.60. The second-order valence-electron chi connectivity index (χ2n) is 8.69. The van der Waals surface area contributed by atoms with E-state index >= 15 is 0 Å². The van der Waals surface area contributed by atoms with E-state index in [4.69, 9.17) is 0 Å². The molecule has 0 saturated heterocycles. The van der Waals surface area contributed by atoms with Crippen LogP contribution in [-0.4, -0.2) is 0 Å². The molecule has 0 aromatic heterocycles. The van der Waals surface area contributed by atoms with Crippen molar-refractivity contribution in [2.45, 2.75) is 96.3 Å². The normalized spacial score (nSPS) is 27.1. The van der Waals surface area contributed by atoms with Gasteiger partial charge in [0.2, 0.25) is 0 Å². The topological polar surface area (TPSA) is 47.6 Å². The van der Waals surface area contributed by atoms with Gasteiger partial charge < -0.3 is 0 Å². The molecule has 3 saturated carbocycles. The molecule has 0 unspecified atom stereocenters. The van der Waals surface area contributed by atoms with Crippen LogP contribution in [0.1, 0.15) is 107 Å². The number of hydrogen-bond acceptors (Lipinski definition) is 2. The highest BCUT2D eigenvalue weighted by atomic mass is 14.5. The SMILES string of the molecule is CCCCCCC12CCC(c3ccc(CC)c(C#N)c3C#N)(CC1)CC2. The molecule has 2 nitrogen and oxygen atoms in total. The minimum absolute atomic E-state index is 0.147. The van der Waals surface area contributed by atoms with Crippen LogP contribution in [0.4, 0.5) is 0 Å². The first kappa shape index (κ1) is 19.0. The number of aryl methyl sites for hydroxylation is 1. The van der Waals surface area contributed by atoms with Crippen LogP contribution in [0, 0.1) is 28.1 Å². The molecule has 3 fully saturated rings. The number of nitriles is 2. The van der Waals surface area contributed by atoms with Crippen LogP contribution in [0.15, 0.2) is 12.1 Å². The smallest absolute Gasteiger partial charge is 0.101 e. The Morgan fingerprint density at radius 1 is 0.846 bits per heavy atom. The quantitative estimate of drug-likeness (QED) is 0.524. The summed E-state index contributed by atoms with van der Waals surface area (Å²) in [5, 5.41) is 19.5. The van der Waals surface area contributed by atoms with Crippen LogP contribution in [0.25, 0.3) is 0 Å². The van der Waals surface area contributed by atoms with Crippen LogP contribution < -0.4 is 0 Å². The highest BCUT2D eigenvalue weighted by molar-refractivity contribution is 5.57. The summed E-state index contributed by atoms with van der Waals surface area (Å²) in [6.45, 7) is 4.34. The van der Waals surface area contributed by atoms with E-state index in [1.807, 2.05) is 0 Å². The minimum Gasteiger partial charge on any atom is -0.192 e. The molecule has 0 atom stereocenters. The summed E-state index contributed by atoms with van der Waals surface area (Å²) < 4.78 is 0. The zero-order valence-electron chi connectivity index (χ0n) is 16.5. The van der Waals surface area contributed by atoms with Gasteiger partial charge in [-0.3, -0.25) is 0 Å². The van der Waals surface area contributed by atoms with Gasteiger partial charge in [-0.2, -0.15) is 10.5 Å². The lowest BCUT2D eigenvalue weighted by molar-refractivity contribution is 0.0303. The van der Waals surface area contributed by atoms with E-state index in [2.05, 4.69) is 38.1 Å². The van der Waals surface area contributed by atoms with Gasteiger partial charge in [-0.15, -0.1) is 0 Å². The van der Waals surface area contributed by atoms with Crippen molar-refractivity contribution in [3.63, 3.8) is 0 Å². The second-order valence-corrected chi connectivity index (χ2v) is 8.69. The maximum absolute atomic E-state index is 9.82. The first-order valence-corrected chi connectivity index (χ1v) is 10.6. The molecule has 1 aromatic rings. The van der Waals surface area contributed by atoms with Gasteiger partial charge in [0.05, 0.1) is 11.1 Å². The Labute approximate surface area is 159 Å². The van der Waals surface area contributed by atoms with Gasteiger partial charge >= 0.3 is 0 Å². The zero-order chi connectivity index (χ0) is 18.6.